The fourth-order valence-electron chi connectivity index (χ4n) is 2.37. The van der Waals surface area contributed by atoms with E-state index in [0.717, 1.165) is 5.56 Å². The van der Waals surface area contributed by atoms with Crippen LogP contribution in [0, 0.1) is 5.82 Å². The van der Waals surface area contributed by atoms with E-state index in [1.54, 1.807) is 6.07 Å². The van der Waals surface area contributed by atoms with Crippen molar-refractivity contribution < 1.29 is 23.5 Å². The van der Waals surface area contributed by atoms with Crippen LogP contribution in [0.5, 0.6) is 5.75 Å². The summed E-state index contributed by atoms with van der Waals surface area (Å²) in [4.78, 5) is 23.5. The minimum Gasteiger partial charge on any atom is -0.494 e. The van der Waals surface area contributed by atoms with E-state index in [1.807, 2.05) is 30.3 Å². The van der Waals surface area contributed by atoms with E-state index >= 15 is 0 Å². The molecule has 0 spiro atoms. The third-order valence-electron chi connectivity index (χ3n) is 3.57. The smallest absolute Gasteiger partial charge is 0.308 e. The van der Waals surface area contributed by atoms with Crippen molar-refractivity contribution in [2.24, 2.45) is 0 Å². The van der Waals surface area contributed by atoms with Gasteiger partial charge in [-0.15, -0.1) is 0 Å². The number of carbonyl (C=O) groups is 2. The van der Waals surface area contributed by atoms with Crippen molar-refractivity contribution in [3.8, 4) is 5.75 Å². The number of esters is 1. The van der Waals surface area contributed by atoms with Gasteiger partial charge in [-0.3, -0.25) is 9.59 Å². The molecule has 0 aliphatic rings. The zero-order valence-electron chi connectivity index (χ0n) is 14.1. The van der Waals surface area contributed by atoms with Crippen LogP contribution >= 0.6 is 0 Å². The van der Waals surface area contributed by atoms with Gasteiger partial charge in [0.15, 0.2) is 11.6 Å². The van der Waals surface area contributed by atoms with Gasteiger partial charge in [-0.1, -0.05) is 36.4 Å². The van der Waals surface area contributed by atoms with E-state index in [9.17, 15) is 14.0 Å². The van der Waals surface area contributed by atoms with Gasteiger partial charge in [-0.2, -0.15) is 0 Å². The second kappa shape index (κ2) is 8.82. The Hall–Kier alpha value is -2.89. The summed E-state index contributed by atoms with van der Waals surface area (Å²) in [5, 5.41) is 2.73. The molecule has 0 saturated heterocycles. The monoisotopic (exact) mass is 345 g/mol. The summed E-state index contributed by atoms with van der Waals surface area (Å²) in [5.74, 6) is -1.11. The highest BCUT2D eigenvalue weighted by Crippen LogP contribution is 2.20. The summed E-state index contributed by atoms with van der Waals surface area (Å²) >= 11 is 0. The number of ether oxygens (including phenoxy) is 2. The van der Waals surface area contributed by atoms with Crippen molar-refractivity contribution in [1.82, 2.24) is 5.32 Å². The van der Waals surface area contributed by atoms with Gasteiger partial charge in [0.2, 0.25) is 5.91 Å². The number of halogens is 1. The molecule has 2 aromatic carbocycles. The Bertz CT molecular complexity index is 733. The number of hydrogen-bond acceptors (Lipinski definition) is 4. The first kappa shape index (κ1) is 18.4. The first-order chi connectivity index (χ1) is 12.0. The maximum Gasteiger partial charge on any atom is 0.308 e. The van der Waals surface area contributed by atoms with Gasteiger partial charge in [-0.25, -0.2) is 4.39 Å². The van der Waals surface area contributed by atoms with Gasteiger partial charge in [0.1, 0.15) is 6.61 Å². The molecule has 1 amide bonds. The Morgan fingerprint density at radius 1 is 1.16 bits per heavy atom. The molecule has 0 aromatic heterocycles. The van der Waals surface area contributed by atoms with Gasteiger partial charge >= 0.3 is 5.97 Å². The lowest BCUT2D eigenvalue weighted by atomic mass is 10.0. The summed E-state index contributed by atoms with van der Waals surface area (Å²) in [6, 6.07) is 13.0. The fourth-order valence-corrected chi connectivity index (χ4v) is 2.37. The lowest BCUT2D eigenvalue weighted by Crippen LogP contribution is -2.28. The maximum absolute atomic E-state index is 13.6. The van der Waals surface area contributed by atoms with Crippen LogP contribution in [0.1, 0.15) is 30.5 Å². The molecule has 0 aliphatic carbocycles. The Morgan fingerprint density at radius 2 is 1.88 bits per heavy atom. The van der Waals surface area contributed by atoms with Crippen LogP contribution in [0.15, 0.2) is 48.5 Å². The molecule has 0 heterocycles. The minimum atomic E-state index is -0.517. The fraction of sp³-hybridized carbons (Fsp3) is 0.263. The van der Waals surface area contributed by atoms with E-state index in [4.69, 9.17) is 9.47 Å². The normalized spacial score (nSPS) is 11.5. The summed E-state index contributed by atoms with van der Waals surface area (Å²) < 4.78 is 23.7. The summed E-state index contributed by atoms with van der Waals surface area (Å²) in [6.45, 7) is 1.34. The maximum atomic E-state index is 13.6. The number of methoxy groups -OCH3 is 1. The molecule has 0 radical (unpaired) electrons. The van der Waals surface area contributed by atoms with Crippen molar-refractivity contribution in [3.05, 3.63) is 65.5 Å². The molecule has 2 aromatic rings. The Balaban J connectivity index is 1.97. The molecule has 0 fully saturated rings. The molecular formula is C19H20FNO4. The second-order valence-electron chi connectivity index (χ2n) is 5.50. The lowest BCUT2D eigenvalue weighted by molar-refractivity contribution is -0.145. The van der Waals surface area contributed by atoms with E-state index in [1.165, 1.54) is 26.2 Å². The summed E-state index contributed by atoms with van der Waals surface area (Å²) in [7, 11) is 1.38. The minimum absolute atomic E-state index is 0.0117. The number of benzene rings is 2. The number of rotatable bonds is 7. The van der Waals surface area contributed by atoms with Crippen molar-refractivity contribution in [2.45, 2.75) is 26.0 Å². The molecule has 25 heavy (non-hydrogen) atoms. The summed E-state index contributed by atoms with van der Waals surface area (Å²) in [6.07, 6.45) is -0.0117. The van der Waals surface area contributed by atoms with E-state index in [-0.39, 0.29) is 24.7 Å². The Kier molecular flexibility index (Phi) is 6.51. The molecule has 0 bridgehead atoms. The molecule has 0 saturated carbocycles. The molecule has 6 heteroatoms. The van der Waals surface area contributed by atoms with Crippen LogP contribution in [-0.2, 0) is 20.9 Å². The Morgan fingerprint density at radius 3 is 2.48 bits per heavy atom. The number of carbonyl (C=O) groups excluding carboxylic acids is 2. The standard InChI is InChI=1S/C19H20FNO4/c1-13(22)21-17(15-6-4-3-5-7-15)11-19(23)25-12-14-8-9-18(24-2)16(20)10-14/h3-10,17H,11-12H2,1-2H3,(H,21,22)/t17-/m1/s1. The van der Waals surface area contributed by atoms with Gasteiger partial charge in [0.25, 0.3) is 0 Å². The molecule has 1 atom stereocenters. The number of amides is 1. The van der Waals surface area contributed by atoms with Gasteiger partial charge < -0.3 is 14.8 Å². The average molecular weight is 345 g/mol. The topological polar surface area (TPSA) is 64.6 Å². The highest BCUT2D eigenvalue weighted by molar-refractivity contribution is 5.76. The van der Waals surface area contributed by atoms with Crippen LogP contribution < -0.4 is 10.1 Å². The third-order valence-corrected chi connectivity index (χ3v) is 3.57. The highest BCUT2D eigenvalue weighted by Gasteiger charge is 2.18. The van der Waals surface area contributed by atoms with Crippen LogP contribution in [0.2, 0.25) is 0 Å². The molecule has 0 unspecified atom stereocenters. The highest BCUT2D eigenvalue weighted by atomic mass is 19.1. The predicted molar refractivity (Wildman–Crippen MR) is 90.4 cm³/mol. The van der Waals surface area contributed by atoms with Crippen LogP contribution in [0.4, 0.5) is 4.39 Å². The second-order valence-corrected chi connectivity index (χ2v) is 5.50. The van der Waals surface area contributed by atoms with Gasteiger partial charge in [0.05, 0.1) is 19.6 Å². The predicted octanol–water partition coefficient (Wildman–Crippen LogP) is 3.15. The van der Waals surface area contributed by atoms with Crippen LogP contribution in [0.3, 0.4) is 0 Å². The van der Waals surface area contributed by atoms with E-state index in [0.29, 0.717) is 5.56 Å². The van der Waals surface area contributed by atoms with Gasteiger partial charge in [-0.05, 0) is 23.3 Å². The van der Waals surface area contributed by atoms with Crippen molar-refractivity contribution in [2.75, 3.05) is 7.11 Å². The number of hydrogen-bond donors (Lipinski definition) is 1. The molecule has 5 nitrogen and oxygen atoms in total. The molecular weight excluding hydrogens is 325 g/mol. The van der Waals surface area contributed by atoms with Crippen LogP contribution in [-0.4, -0.2) is 19.0 Å². The first-order valence-electron chi connectivity index (χ1n) is 7.79. The quantitative estimate of drug-likeness (QED) is 0.783. The lowest BCUT2D eigenvalue weighted by Gasteiger charge is -2.17. The Labute approximate surface area is 145 Å². The van der Waals surface area contributed by atoms with Crippen molar-refractivity contribution in [3.63, 3.8) is 0 Å². The summed E-state index contributed by atoms with van der Waals surface area (Å²) in [5.41, 5.74) is 1.33. The molecule has 2 rings (SSSR count). The number of nitrogens with one attached hydrogen (secondary N) is 1. The van der Waals surface area contributed by atoms with Crippen LogP contribution in [0.25, 0.3) is 0 Å². The zero-order chi connectivity index (χ0) is 18.2. The van der Waals surface area contributed by atoms with E-state index < -0.39 is 17.8 Å². The zero-order valence-corrected chi connectivity index (χ0v) is 14.1. The molecule has 132 valence electrons. The molecule has 0 aliphatic heterocycles. The van der Waals surface area contributed by atoms with E-state index in [2.05, 4.69) is 5.32 Å². The SMILES string of the molecule is COc1ccc(COC(=O)C[C@@H](NC(C)=O)c2ccccc2)cc1F. The van der Waals surface area contributed by atoms with Crippen molar-refractivity contribution in [1.29, 1.82) is 0 Å². The first-order valence-corrected chi connectivity index (χ1v) is 7.79. The van der Waals surface area contributed by atoms with Gasteiger partial charge in [0, 0.05) is 6.92 Å². The largest absolute Gasteiger partial charge is 0.494 e. The third kappa shape index (κ3) is 5.60. The van der Waals surface area contributed by atoms with Crippen molar-refractivity contribution >= 4 is 11.9 Å². The average Bonchev–Trinajstić information content (AvgIpc) is 2.60. The molecule has 1 N–H and O–H groups in total.